The number of hydrogen-bond donors (Lipinski definition) is 1. The van der Waals surface area contributed by atoms with Crippen molar-refractivity contribution < 1.29 is 17.6 Å². The van der Waals surface area contributed by atoms with E-state index < -0.39 is 17.6 Å². The van der Waals surface area contributed by atoms with Crippen molar-refractivity contribution in [2.24, 2.45) is 0 Å². The van der Waals surface area contributed by atoms with Gasteiger partial charge in [-0.15, -0.1) is 0 Å². The summed E-state index contributed by atoms with van der Waals surface area (Å²) in [4.78, 5) is 0. The van der Waals surface area contributed by atoms with E-state index in [-0.39, 0.29) is 6.21 Å². The van der Waals surface area contributed by atoms with E-state index in [4.69, 9.17) is 5.41 Å². The van der Waals surface area contributed by atoms with Crippen LogP contribution in [0.1, 0.15) is 6.92 Å². The quantitative estimate of drug-likeness (QED) is 0.384. The van der Waals surface area contributed by atoms with Gasteiger partial charge in [-0.2, -0.15) is 13.2 Å². The van der Waals surface area contributed by atoms with E-state index in [0.29, 0.717) is 6.08 Å². The summed E-state index contributed by atoms with van der Waals surface area (Å²) >= 11 is 0. The first kappa shape index (κ1) is 10.9. The maximum atomic E-state index is 12.5. The molecule has 0 aliphatic carbocycles. The van der Waals surface area contributed by atoms with Gasteiger partial charge in [0.1, 0.15) is 11.4 Å². The van der Waals surface area contributed by atoms with E-state index in [0.717, 1.165) is 6.08 Å². The van der Waals surface area contributed by atoms with Gasteiger partial charge in [-0.3, -0.25) is 0 Å². The summed E-state index contributed by atoms with van der Waals surface area (Å²) in [5.74, 6) is -1.44. The highest BCUT2D eigenvalue weighted by Crippen LogP contribution is 2.27. The van der Waals surface area contributed by atoms with Crippen molar-refractivity contribution in [1.82, 2.24) is 0 Å². The van der Waals surface area contributed by atoms with E-state index in [1.54, 1.807) is 0 Å². The summed E-state index contributed by atoms with van der Waals surface area (Å²) in [6, 6.07) is 0. The average molecular weight is 181 g/mol. The van der Waals surface area contributed by atoms with Gasteiger partial charge < -0.3 is 5.41 Å². The van der Waals surface area contributed by atoms with E-state index in [2.05, 4.69) is 0 Å². The van der Waals surface area contributed by atoms with E-state index >= 15 is 0 Å². The van der Waals surface area contributed by atoms with Gasteiger partial charge in [-0.25, -0.2) is 4.39 Å². The Morgan fingerprint density at radius 3 is 2.08 bits per heavy atom. The largest absolute Gasteiger partial charge is 0.420 e. The molecule has 68 valence electrons. The molecule has 1 nitrogen and oxygen atoms in total. The SMILES string of the molecule is C/C=C/C(F)=C(\C=N)C(F)(F)F. The fourth-order valence-electron chi connectivity index (χ4n) is 0.522. The Kier molecular flexibility index (Phi) is 3.66. The monoisotopic (exact) mass is 181 g/mol. The Hall–Kier alpha value is -1.13. The molecule has 0 aromatic heterocycles. The van der Waals surface area contributed by atoms with Crippen LogP contribution in [0.2, 0.25) is 0 Å². The van der Waals surface area contributed by atoms with Crippen molar-refractivity contribution in [3.63, 3.8) is 0 Å². The molecular formula is C7H7F4N. The Labute approximate surface area is 66.9 Å². The first-order chi connectivity index (χ1) is 5.43. The van der Waals surface area contributed by atoms with Gasteiger partial charge in [0.2, 0.25) is 0 Å². The van der Waals surface area contributed by atoms with Gasteiger partial charge in [0, 0.05) is 6.21 Å². The third kappa shape index (κ3) is 2.86. The molecule has 0 aromatic rings. The first-order valence-electron chi connectivity index (χ1n) is 3.03. The lowest BCUT2D eigenvalue weighted by Gasteiger charge is -2.05. The Bertz CT molecular complexity index is 224. The summed E-state index contributed by atoms with van der Waals surface area (Å²) in [6.45, 7) is 1.39. The van der Waals surface area contributed by atoms with Crippen LogP contribution in [0.15, 0.2) is 23.6 Å². The Morgan fingerprint density at radius 1 is 1.33 bits per heavy atom. The summed E-state index contributed by atoms with van der Waals surface area (Å²) in [6.07, 6.45) is -3.06. The maximum absolute atomic E-state index is 12.5. The van der Waals surface area contributed by atoms with Crippen LogP contribution in [0.5, 0.6) is 0 Å². The molecule has 0 saturated heterocycles. The number of hydrogen-bond acceptors (Lipinski definition) is 1. The minimum Gasteiger partial charge on any atom is -0.308 e. The molecule has 0 aromatic carbocycles. The topological polar surface area (TPSA) is 23.9 Å². The molecule has 12 heavy (non-hydrogen) atoms. The standard InChI is InChI=1S/C7H7F4N/c1-2-3-6(8)5(4-12)7(9,10)11/h2-4,12H,1H3/b3-2+,6-5-,12-4?. The van der Waals surface area contributed by atoms with Crippen LogP contribution in [-0.4, -0.2) is 12.4 Å². The fourth-order valence-corrected chi connectivity index (χ4v) is 0.522. The van der Waals surface area contributed by atoms with Crippen molar-refractivity contribution in [3.8, 4) is 0 Å². The molecule has 1 N–H and O–H groups in total. The van der Waals surface area contributed by atoms with Crippen molar-refractivity contribution in [1.29, 1.82) is 5.41 Å². The molecule has 0 bridgehead atoms. The second kappa shape index (κ2) is 4.04. The van der Waals surface area contributed by atoms with Crippen molar-refractivity contribution in [3.05, 3.63) is 23.6 Å². The molecule has 0 atom stereocenters. The molecule has 0 spiro atoms. The number of halogens is 4. The zero-order valence-corrected chi connectivity index (χ0v) is 6.24. The molecule has 0 fully saturated rings. The molecule has 0 amide bonds. The third-order valence-electron chi connectivity index (χ3n) is 1.02. The molecule has 0 rings (SSSR count). The van der Waals surface area contributed by atoms with Crippen molar-refractivity contribution >= 4 is 6.21 Å². The Balaban J connectivity index is 5.00. The minimum absolute atomic E-state index is 0.0463. The lowest BCUT2D eigenvalue weighted by molar-refractivity contribution is -0.0870. The van der Waals surface area contributed by atoms with E-state index in [1.807, 2.05) is 0 Å². The summed E-state index contributed by atoms with van der Waals surface area (Å²) < 4.78 is 47.9. The molecule has 5 heteroatoms. The highest BCUT2D eigenvalue weighted by atomic mass is 19.4. The van der Waals surface area contributed by atoms with Crippen LogP contribution in [0.3, 0.4) is 0 Å². The predicted molar refractivity (Wildman–Crippen MR) is 37.8 cm³/mol. The lowest BCUT2D eigenvalue weighted by atomic mass is 10.2. The van der Waals surface area contributed by atoms with Gasteiger partial charge in [0.05, 0.1) is 0 Å². The minimum atomic E-state index is -4.80. The fraction of sp³-hybridized carbons (Fsp3) is 0.286. The second-order valence-corrected chi connectivity index (χ2v) is 1.90. The van der Waals surface area contributed by atoms with Gasteiger partial charge in [0.25, 0.3) is 0 Å². The first-order valence-corrected chi connectivity index (χ1v) is 3.03. The zero-order valence-electron chi connectivity index (χ0n) is 6.24. The van der Waals surface area contributed by atoms with E-state index in [1.165, 1.54) is 6.92 Å². The highest BCUT2D eigenvalue weighted by Gasteiger charge is 2.34. The lowest BCUT2D eigenvalue weighted by Crippen LogP contribution is -2.13. The van der Waals surface area contributed by atoms with Crippen molar-refractivity contribution in [2.75, 3.05) is 0 Å². The van der Waals surface area contributed by atoms with Gasteiger partial charge in [-0.05, 0) is 13.0 Å². The molecule has 0 unspecified atom stereocenters. The van der Waals surface area contributed by atoms with Crippen molar-refractivity contribution in [2.45, 2.75) is 13.1 Å². The van der Waals surface area contributed by atoms with Crippen LogP contribution < -0.4 is 0 Å². The van der Waals surface area contributed by atoms with Gasteiger partial charge >= 0.3 is 6.18 Å². The number of allylic oxidation sites excluding steroid dienone is 4. The number of alkyl halides is 3. The zero-order chi connectivity index (χ0) is 9.78. The van der Waals surface area contributed by atoms with Crippen LogP contribution in [0, 0.1) is 5.41 Å². The molecule has 0 aliphatic heterocycles. The predicted octanol–water partition coefficient (Wildman–Crippen LogP) is 3.00. The van der Waals surface area contributed by atoms with Crippen LogP contribution >= 0.6 is 0 Å². The average Bonchev–Trinajstić information content (AvgIpc) is 1.85. The molecule has 0 saturated carbocycles. The Morgan fingerprint density at radius 2 is 1.83 bits per heavy atom. The van der Waals surface area contributed by atoms with Crippen LogP contribution in [0.25, 0.3) is 0 Å². The molecular weight excluding hydrogens is 174 g/mol. The number of rotatable bonds is 2. The smallest absolute Gasteiger partial charge is 0.308 e. The number of nitrogens with one attached hydrogen (secondary N) is 1. The second-order valence-electron chi connectivity index (χ2n) is 1.90. The normalized spacial score (nSPS) is 14.8. The van der Waals surface area contributed by atoms with Crippen LogP contribution in [-0.2, 0) is 0 Å². The van der Waals surface area contributed by atoms with Gasteiger partial charge in [0.15, 0.2) is 0 Å². The molecule has 0 heterocycles. The van der Waals surface area contributed by atoms with Gasteiger partial charge in [-0.1, -0.05) is 6.08 Å². The third-order valence-corrected chi connectivity index (χ3v) is 1.02. The summed E-state index contributed by atoms with van der Waals surface area (Å²) in [5.41, 5.74) is -1.57. The van der Waals surface area contributed by atoms with Crippen LogP contribution in [0.4, 0.5) is 17.6 Å². The summed E-state index contributed by atoms with van der Waals surface area (Å²) in [5, 5.41) is 6.35. The molecule has 0 aliphatic rings. The maximum Gasteiger partial charge on any atom is 0.420 e. The molecule has 0 radical (unpaired) electrons. The van der Waals surface area contributed by atoms with E-state index in [9.17, 15) is 17.6 Å². The highest BCUT2D eigenvalue weighted by molar-refractivity contribution is 5.79. The summed E-state index contributed by atoms with van der Waals surface area (Å²) in [7, 11) is 0.